The molecule has 0 saturated carbocycles. The Morgan fingerprint density at radius 3 is 2.67 bits per heavy atom. The van der Waals surface area contributed by atoms with Crippen LogP contribution in [0, 0.1) is 11.3 Å². The molecule has 0 fully saturated rings. The summed E-state index contributed by atoms with van der Waals surface area (Å²) in [5.41, 5.74) is 3.38. The number of halogens is 1. The minimum atomic E-state index is -0.681. The van der Waals surface area contributed by atoms with E-state index >= 15 is 0 Å². The Balaban J connectivity index is 1.62. The third kappa shape index (κ3) is 6.00. The Labute approximate surface area is 259 Å². The van der Waals surface area contributed by atoms with Gasteiger partial charge in [0.25, 0.3) is 5.56 Å². The predicted octanol–water partition coefficient (Wildman–Crippen LogP) is 5.73. The van der Waals surface area contributed by atoms with Crippen LogP contribution in [0.4, 0.5) is 0 Å². The van der Waals surface area contributed by atoms with E-state index in [1.165, 1.54) is 11.3 Å². The van der Waals surface area contributed by atoms with Gasteiger partial charge >= 0.3 is 5.97 Å². The summed E-state index contributed by atoms with van der Waals surface area (Å²) in [6, 6.07) is 22.2. The summed E-state index contributed by atoms with van der Waals surface area (Å²) in [6.45, 7) is 3.93. The van der Waals surface area contributed by atoms with Gasteiger partial charge < -0.3 is 9.47 Å². The van der Waals surface area contributed by atoms with E-state index in [4.69, 9.17) is 9.47 Å². The summed E-state index contributed by atoms with van der Waals surface area (Å²) in [5.74, 6) is 0.0664. The number of nitrogens with zero attached hydrogens (tertiary/aromatic N) is 3. The van der Waals surface area contributed by atoms with Gasteiger partial charge in [0, 0.05) is 20.5 Å². The van der Waals surface area contributed by atoms with E-state index in [9.17, 15) is 14.9 Å². The first-order valence-electron chi connectivity index (χ1n) is 13.1. The molecule has 0 amide bonds. The van der Waals surface area contributed by atoms with Gasteiger partial charge in [0.15, 0.2) is 4.80 Å². The van der Waals surface area contributed by atoms with Crippen molar-refractivity contribution in [3.8, 4) is 11.8 Å². The minimum Gasteiger partial charge on any atom is -0.488 e. The summed E-state index contributed by atoms with van der Waals surface area (Å²) in [7, 11) is 0. The minimum absolute atomic E-state index is 0.196. The molecule has 0 saturated heterocycles. The first-order chi connectivity index (χ1) is 20.3. The number of ether oxygens (including phenoxy) is 2. The predicted molar refractivity (Wildman–Crippen MR) is 168 cm³/mol. The molecular formula is C32H26BrN3O4S2. The number of carbonyl (C=O) groups excluding carboxylic acids is 1. The molecule has 1 atom stereocenters. The highest BCUT2D eigenvalue weighted by Crippen LogP contribution is 2.32. The number of benzene rings is 3. The number of carbonyl (C=O) groups is 1. The lowest BCUT2D eigenvalue weighted by Gasteiger charge is -2.24. The number of hydrogen-bond acceptors (Lipinski definition) is 8. The van der Waals surface area contributed by atoms with E-state index in [1.54, 1.807) is 42.3 Å². The van der Waals surface area contributed by atoms with Crippen LogP contribution in [-0.4, -0.2) is 23.4 Å². The van der Waals surface area contributed by atoms with Crippen LogP contribution in [0.25, 0.3) is 6.08 Å². The average Bonchev–Trinajstić information content (AvgIpc) is 3.30. The Hall–Kier alpha value is -3.91. The Morgan fingerprint density at radius 2 is 1.95 bits per heavy atom. The molecule has 1 aliphatic rings. The van der Waals surface area contributed by atoms with Crippen LogP contribution in [0.2, 0.25) is 0 Å². The molecule has 3 aromatic carbocycles. The van der Waals surface area contributed by atoms with Crippen LogP contribution >= 0.6 is 39.0 Å². The van der Waals surface area contributed by atoms with Gasteiger partial charge in [0.1, 0.15) is 12.4 Å². The number of aromatic nitrogens is 1. The Kier molecular flexibility index (Phi) is 9.12. The number of thioether (sulfide) groups is 1. The zero-order chi connectivity index (χ0) is 29.8. The molecule has 1 aromatic heterocycles. The second kappa shape index (κ2) is 12.9. The van der Waals surface area contributed by atoms with Crippen LogP contribution in [0.3, 0.4) is 0 Å². The highest BCUT2D eigenvalue weighted by Gasteiger charge is 2.33. The molecule has 10 heteroatoms. The molecule has 212 valence electrons. The van der Waals surface area contributed by atoms with E-state index in [0.29, 0.717) is 37.5 Å². The SMILES string of the molecule is CCOC(=O)C1=C(C)N=c2s/c(=C\c3cc(Br)ccc3OCc3ccccc3C#N)c(=O)n2C1c1ccc(SC)cc1. The first kappa shape index (κ1) is 29.6. The Bertz CT molecular complexity index is 1920. The van der Waals surface area contributed by atoms with Crippen molar-refractivity contribution in [3.05, 3.63) is 124 Å². The van der Waals surface area contributed by atoms with Gasteiger partial charge in [-0.3, -0.25) is 9.36 Å². The lowest BCUT2D eigenvalue weighted by Crippen LogP contribution is -2.39. The molecule has 1 unspecified atom stereocenters. The van der Waals surface area contributed by atoms with Gasteiger partial charge in [0.2, 0.25) is 0 Å². The van der Waals surface area contributed by atoms with Crippen molar-refractivity contribution in [2.75, 3.05) is 12.9 Å². The van der Waals surface area contributed by atoms with Crippen LogP contribution in [0.15, 0.2) is 97.2 Å². The second-order valence-electron chi connectivity index (χ2n) is 9.32. The lowest BCUT2D eigenvalue weighted by molar-refractivity contribution is -0.139. The van der Waals surface area contributed by atoms with Crippen LogP contribution < -0.4 is 19.6 Å². The number of nitriles is 1. The second-order valence-corrected chi connectivity index (χ2v) is 12.1. The zero-order valence-electron chi connectivity index (χ0n) is 23.1. The maximum atomic E-state index is 14.0. The number of thiazole rings is 1. The summed E-state index contributed by atoms with van der Waals surface area (Å²) >= 11 is 6.39. The maximum Gasteiger partial charge on any atom is 0.338 e. The molecular weight excluding hydrogens is 634 g/mol. The Morgan fingerprint density at radius 1 is 1.19 bits per heavy atom. The summed E-state index contributed by atoms with van der Waals surface area (Å²) in [6.07, 6.45) is 3.77. The molecule has 42 heavy (non-hydrogen) atoms. The lowest BCUT2D eigenvalue weighted by atomic mass is 9.96. The number of allylic oxidation sites excluding steroid dienone is 1. The maximum absolute atomic E-state index is 14.0. The molecule has 0 N–H and O–H groups in total. The molecule has 7 nitrogen and oxygen atoms in total. The molecule has 0 spiro atoms. The summed E-state index contributed by atoms with van der Waals surface area (Å²) < 4.78 is 14.4. The average molecular weight is 661 g/mol. The summed E-state index contributed by atoms with van der Waals surface area (Å²) in [4.78, 5) is 33.4. The highest BCUT2D eigenvalue weighted by molar-refractivity contribution is 9.10. The topological polar surface area (TPSA) is 93.7 Å². The van der Waals surface area contributed by atoms with Gasteiger partial charge in [-0.15, -0.1) is 11.8 Å². The standard InChI is InChI=1S/C32H26BrN3O4S2/c1-4-39-31(38)28-19(2)35-32-36(29(28)20-9-12-25(41-3)13-10-20)30(37)27(42-32)16-23-15-24(33)11-14-26(23)40-18-22-8-6-5-7-21(22)17-34/h5-16,29H,4,18H2,1-3H3/b27-16-. The quantitative estimate of drug-likeness (QED) is 0.177. The van der Waals surface area contributed by atoms with Gasteiger partial charge in [-0.1, -0.05) is 57.6 Å². The number of fused-ring (bicyclic) bond motifs is 1. The smallest absolute Gasteiger partial charge is 0.338 e. The molecule has 5 rings (SSSR count). The van der Waals surface area contributed by atoms with Crippen molar-refractivity contribution in [2.24, 2.45) is 4.99 Å². The molecule has 2 heterocycles. The summed E-state index contributed by atoms with van der Waals surface area (Å²) in [5, 5.41) is 9.45. The third-order valence-corrected chi connectivity index (χ3v) is 8.95. The van der Waals surface area contributed by atoms with Crippen molar-refractivity contribution in [3.63, 3.8) is 0 Å². The molecule has 0 radical (unpaired) electrons. The normalized spacial score (nSPS) is 14.6. The fraction of sp³-hybridized carbons (Fsp3) is 0.188. The number of hydrogen-bond donors (Lipinski definition) is 0. The van der Waals surface area contributed by atoms with Crippen molar-refractivity contribution >= 4 is 51.1 Å². The number of rotatable bonds is 8. The molecule has 1 aliphatic heterocycles. The van der Waals surface area contributed by atoms with Crippen molar-refractivity contribution in [1.82, 2.24) is 4.57 Å². The van der Waals surface area contributed by atoms with E-state index in [1.807, 2.05) is 66.9 Å². The number of esters is 1. The monoisotopic (exact) mass is 659 g/mol. The first-order valence-corrected chi connectivity index (χ1v) is 15.9. The fourth-order valence-corrected chi connectivity index (χ4v) is 6.53. The molecule has 0 bridgehead atoms. The van der Waals surface area contributed by atoms with Crippen LogP contribution in [0.1, 0.15) is 42.1 Å². The van der Waals surface area contributed by atoms with E-state index < -0.39 is 12.0 Å². The van der Waals surface area contributed by atoms with Crippen molar-refractivity contribution in [2.45, 2.75) is 31.4 Å². The largest absolute Gasteiger partial charge is 0.488 e. The van der Waals surface area contributed by atoms with E-state index in [2.05, 4.69) is 27.0 Å². The van der Waals surface area contributed by atoms with Gasteiger partial charge in [-0.25, -0.2) is 9.79 Å². The molecule has 4 aromatic rings. The highest BCUT2D eigenvalue weighted by atomic mass is 79.9. The van der Waals surface area contributed by atoms with Crippen LogP contribution in [0.5, 0.6) is 5.75 Å². The van der Waals surface area contributed by atoms with E-state index in [0.717, 1.165) is 20.5 Å². The fourth-order valence-electron chi connectivity index (χ4n) is 4.71. The van der Waals surface area contributed by atoms with Crippen LogP contribution in [-0.2, 0) is 16.1 Å². The van der Waals surface area contributed by atoms with Crippen molar-refractivity contribution < 1.29 is 14.3 Å². The van der Waals surface area contributed by atoms with E-state index in [-0.39, 0.29) is 18.8 Å². The van der Waals surface area contributed by atoms with Gasteiger partial charge in [-0.2, -0.15) is 5.26 Å². The third-order valence-electron chi connectivity index (χ3n) is 6.73. The zero-order valence-corrected chi connectivity index (χ0v) is 26.3. The van der Waals surface area contributed by atoms with Gasteiger partial charge in [-0.05, 0) is 68.1 Å². The van der Waals surface area contributed by atoms with Gasteiger partial charge in [0.05, 0.1) is 40.1 Å². The molecule has 0 aliphatic carbocycles. The van der Waals surface area contributed by atoms with Crippen molar-refractivity contribution in [1.29, 1.82) is 5.26 Å².